The molecule has 17 heavy (non-hydrogen) atoms. The van der Waals surface area contributed by atoms with Crippen molar-refractivity contribution in [2.24, 2.45) is 0 Å². The molecule has 0 aliphatic heterocycles. The first-order valence-corrected chi connectivity index (χ1v) is 5.17. The summed E-state index contributed by atoms with van der Waals surface area (Å²) in [6.07, 6.45) is -1.46. The molecule has 2 atom stereocenters. The topological polar surface area (TPSA) is 121 Å². The second-order valence-corrected chi connectivity index (χ2v) is 3.77. The molecule has 1 heterocycles. The normalized spacial score (nSPS) is 14.1. The molecule has 0 fully saturated rings. The quantitative estimate of drug-likeness (QED) is 0.528. The Kier molecular flexibility index (Phi) is 4.62. The molecule has 5 N–H and O–H groups in total. The van der Waals surface area contributed by atoms with Gasteiger partial charge in [0.25, 0.3) is 0 Å². The summed E-state index contributed by atoms with van der Waals surface area (Å²) >= 11 is 5.74. The largest absolute Gasteiger partial charge is 0.388 e. The third-order valence-electron chi connectivity index (χ3n) is 2.09. The number of rotatable bonds is 4. The highest BCUT2D eigenvalue weighted by atomic mass is 35.5. The number of aromatic nitrogens is 2. The molecule has 0 aliphatic carbocycles. The lowest BCUT2D eigenvalue weighted by molar-refractivity contribution is -0.119. The second kappa shape index (κ2) is 5.76. The van der Waals surface area contributed by atoms with Crippen LogP contribution in [0.2, 0.25) is 5.15 Å². The number of nitrogen functional groups attached to an aromatic ring is 1. The van der Waals surface area contributed by atoms with Gasteiger partial charge in [-0.15, -0.1) is 0 Å². The van der Waals surface area contributed by atoms with Gasteiger partial charge in [0.05, 0.1) is 5.56 Å². The van der Waals surface area contributed by atoms with Crippen LogP contribution >= 0.6 is 11.6 Å². The lowest BCUT2D eigenvalue weighted by Crippen LogP contribution is -2.34. The third kappa shape index (κ3) is 3.52. The van der Waals surface area contributed by atoms with E-state index in [0.717, 1.165) is 6.33 Å². The molecule has 7 nitrogen and oxygen atoms in total. The Hall–Kier alpha value is -1.44. The van der Waals surface area contributed by atoms with E-state index in [1.165, 1.54) is 6.92 Å². The number of carbonyl (C=O) groups is 1. The number of carbonyl (C=O) groups excluding carboxylic acids is 1. The predicted molar refractivity (Wildman–Crippen MR) is 61.1 cm³/mol. The molecule has 2 unspecified atom stereocenters. The molecule has 0 saturated carbocycles. The number of halogens is 1. The zero-order valence-corrected chi connectivity index (χ0v) is 9.85. The van der Waals surface area contributed by atoms with Gasteiger partial charge in [0.15, 0.2) is 0 Å². The molecule has 0 aromatic carbocycles. The van der Waals surface area contributed by atoms with Gasteiger partial charge in [0.2, 0.25) is 5.91 Å². The van der Waals surface area contributed by atoms with E-state index in [9.17, 15) is 15.0 Å². The molecule has 1 rings (SSSR count). The van der Waals surface area contributed by atoms with Gasteiger partial charge >= 0.3 is 0 Å². The summed E-state index contributed by atoms with van der Waals surface area (Å²) in [6, 6.07) is 0. The summed E-state index contributed by atoms with van der Waals surface area (Å²) in [6.45, 7) is 1.17. The van der Waals surface area contributed by atoms with Crippen molar-refractivity contribution in [1.29, 1.82) is 0 Å². The molecule has 1 aromatic rings. The van der Waals surface area contributed by atoms with E-state index in [1.807, 2.05) is 0 Å². The molecule has 0 saturated heterocycles. The van der Waals surface area contributed by atoms with Crippen molar-refractivity contribution in [2.75, 3.05) is 12.3 Å². The SMILES string of the molecule is CC(=O)NCC(O)C(O)c1c(N)ncnc1Cl. The fourth-order valence-corrected chi connectivity index (χ4v) is 1.46. The average molecular weight is 261 g/mol. The van der Waals surface area contributed by atoms with Crippen LogP contribution in [-0.2, 0) is 4.79 Å². The standard InChI is InChI=1S/C9H13ClN4O3/c1-4(15)12-2-5(16)7(17)6-8(10)13-3-14-9(6)11/h3,5,7,16-17H,2H2,1H3,(H,12,15)(H2,11,13,14). The van der Waals surface area contributed by atoms with Crippen LogP contribution in [0.4, 0.5) is 5.82 Å². The van der Waals surface area contributed by atoms with Crippen LogP contribution in [0.5, 0.6) is 0 Å². The highest BCUT2D eigenvalue weighted by molar-refractivity contribution is 6.30. The molecular formula is C9H13ClN4O3. The predicted octanol–water partition coefficient (Wildman–Crippen LogP) is -0.757. The number of nitrogens with one attached hydrogen (secondary N) is 1. The Labute approximate surface area is 103 Å². The maximum atomic E-state index is 10.7. The smallest absolute Gasteiger partial charge is 0.216 e. The average Bonchev–Trinajstić information content (AvgIpc) is 2.25. The van der Waals surface area contributed by atoms with E-state index >= 15 is 0 Å². The number of nitrogens with zero attached hydrogens (tertiary/aromatic N) is 2. The lowest BCUT2D eigenvalue weighted by Gasteiger charge is -2.19. The van der Waals surface area contributed by atoms with Gasteiger partial charge in [-0.2, -0.15) is 0 Å². The van der Waals surface area contributed by atoms with Gasteiger partial charge in [-0.3, -0.25) is 4.79 Å². The van der Waals surface area contributed by atoms with E-state index in [0.29, 0.717) is 0 Å². The van der Waals surface area contributed by atoms with Gasteiger partial charge in [0, 0.05) is 13.5 Å². The van der Waals surface area contributed by atoms with Crippen LogP contribution in [0.25, 0.3) is 0 Å². The molecule has 1 amide bonds. The first-order chi connectivity index (χ1) is 7.93. The minimum absolute atomic E-state index is 0.0145. The van der Waals surface area contributed by atoms with Gasteiger partial charge < -0.3 is 21.3 Å². The van der Waals surface area contributed by atoms with Crippen molar-refractivity contribution in [2.45, 2.75) is 19.1 Å². The van der Waals surface area contributed by atoms with Gasteiger partial charge in [0.1, 0.15) is 29.5 Å². The molecule has 0 radical (unpaired) electrons. The Bertz CT molecular complexity index is 395. The third-order valence-corrected chi connectivity index (χ3v) is 2.39. The van der Waals surface area contributed by atoms with Gasteiger partial charge in [-0.05, 0) is 0 Å². The first kappa shape index (κ1) is 13.6. The van der Waals surface area contributed by atoms with Crippen molar-refractivity contribution >= 4 is 23.3 Å². The number of anilines is 1. The van der Waals surface area contributed by atoms with E-state index in [1.54, 1.807) is 0 Å². The summed E-state index contributed by atoms with van der Waals surface area (Å²) in [5.74, 6) is -0.334. The fraction of sp³-hybridized carbons (Fsp3) is 0.444. The molecule has 8 heteroatoms. The van der Waals surface area contributed by atoms with Crippen molar-refractivity contribution in [3.8, 4) is 0 Å². The zero-order chi connectivity index (χ0) is 13.0. The van der Waals surface area contributed by atoms with Crippen molar-refractivity contribution < 1.29 is 15.0 Å². The van der Waals surface area contributed by atoms with Gasteiger partial charge in [-0.25, -0.2) is 9.97 Å². The summed E-state index contributed by atoms with van der Waals surface area (Å²) in [5, 5.41) is 21.8. The summed E-state index contributed by atoms with van der Waals surface area (Å²) in [5.41, 5.74) is 5.57. The zero-order valence-electron chi connectivity index (χ0n) is 9.09. The number of hydrogen-bond donors (Lipinski definition) is 4. The van der Waals surface area contributed by atoms with Crippen LogP contribution in [0, 0.1) is 0 Å². The highest BCUT2D eigenvalue weighted by Gasteiger charge is 2.24. The van der Waals surface area contributed by atoms with E-state index in [2.05, 4.69) is 15.3 Å². The lowest BCUT2D eigenvalue weighted by atomic mass is 10.1. The summed E-state index contributed by atoms with van der Waals surface area (Å²) < 4.78 is 0. The van der Waals surface area contributed by atoms with Crippen LogP contribution < -0.4 is 11.1 Å². The molecule has 1 aromatic heterocycles. The second-order valence-electron chi connectivity index (χ2n) is 3.41. The van der Waals surface area contributed by atoms with Crippen molar-refractivity contribution in [1.82, 2.24) is 15.3 Å². The molecule has 0 aliphatic rings. The number of aliphatic hydroxyl groups is 2. The van der Waals surface area contributed by atoms with Gasteiger partial charge in [-0.1, -0.05) is 11.6 Å². The maximum absolute atomic E-state index is 10.7. The summed E-state index contributed by atoms with van der Waals surface area (Å²) in [7, 11) is 0. The maximum Gasteiger partial charge on any atom is 0.216 e. The Morgan fingerprint density at radius 3 is 2.76 bits per heavy atom. The minimum atomic E-state index is -1.37. The van der Waals surface area contributed by atoms with Crippen LogP contribution in [-0.4, -0.2) is 38.7 Å². The fourth-order valence-electron chi connectivity index (χ4n) is 1.21. The van der Waals surface area contributed by atoms with Crippen LogP contribution in [0.3, 0.4) is 0 Å². The summed E-state index contributed by atoms with van der Waals surface area (Å²) in [4.78, 5) is 18.0. The number of nitrogens with two attached hydrogens (primary N) is 1. The van der Waals surface area contributed by atoms with Crippen LogP contribution in [0.15, 0.2) is 6.33 Å². The van der Waals surface area contributed by atoms with E-state index < -0.39 is 12.2 Å². The first-order valence-electron chi connectivity index (χ1n) is 4.80. The molecule has 94 valence electrons. The number of aliphatic hydroxyl groups excluding tert-OH is 2. The van der Waals surface area contributed by atoms with E-state index in [-0.39, 0.29) is 29.0 Å². The minimum Gasteiger partial charge on any atom is -0.388 e. The molecule has 0 bridgehead atoms. The van der Waals surface area contributed by atoms with Crippen molar-refractivity contribution in [3.63, 3.8) is 0 Å². The molecular weight excluding hydrogens is 248 g/mol. The van der Waals surface area contributed by atoms with E-state index in [4.69, 9.17) is 17.3 Å². The number of hydrogen-bond acceptors (Lipinski definition) is 6. The van der Waals surface area contributed by atoms with Crippen LogP contribution in [0.1, 0.15) is 18.6 Å². The highest BCUT2D eigenvalue weighted by Crippen LogP contribution is 2.27. The Morgan fingerprint density at radius 2 is 2.24 bits per heavy atom. The number of amides is 1. The Balaban J connectivity index is 2.81. The molecule has 0 spiro atoms. The monoisotopic (exact) mass is 260 g/mol. The van der Waals surface area contributed by atoms with Crippen molar-refractivity contribution in [3.05, 3.63) is 17.0 Å². The Morgan fingerprint density at radius 1 is 1.59 bits per heavy atom.